The third-order valence-corrected chi connectivity index (χ3v) is 14.2. The molecule has 11 rings (SSSR count). The normalized spacial score (nSPS) is 22.9. The predicted molar refractivity (Wildman–Crippen MR) is 245 cm³/mol. The molecule has 0 aliphatic heterocycles. The molecule has 2 nitrogen and oxygen atoms in total. The maximum atomic E-state index is 2.75. The molecular weight excluding hydrogens is 701 g/mol. The van der Waals surface area contributed by atoms with Gasteiger partial charge < -0.3 is 9.47 Å². The molecule has 0 saturated carbocycles. The molecule has 0 N–H and O–H groups in total. The van der Waals surface area contributed by atoms with Gasteiger partial charge in [-0.15, -0.1) is 0 Å². The number of nitrogens with zero attached hydrogens (tertiary/aromatic N) is 2. The fourth-order valence-corrected chi connectivity index (χ4v) is 11.2. The summed E-state index contributed by atoms with van der Waals surface area (Å²) in [5, 5.41) is 4.05. The highest BCUT2D eigenvalue weighted by Gasteiger charge is 2.30. The van der Waals surface area contributed by atoms with Crippen LogP contribution in [0.4, 0.5) is 0 Å². The lowest BCUT2D eigenvalue weighted by molar-refractivity contribution is 0.290. The molecule has 0 amide bonds. The van der Waals surface area contributed by atoms with Crippen LogP contribution in [0.1, 0.15) is 105 Å². The van der Waals surface area contributed by atoms with Gasteiger partial charge in [-0.3, -0.25) is 0 Å². The zero-order valence-corrected chi connectivity index (χ0v) is 33.8. The molecule has 58 heavy (non-hydrogen) atoms. The molecule has 5 aromatic rings. The summed E-state index contributed by atoms with van der Waals surface area (Å²) in [6.07, 6.45) is 40.2. The Kier molecular flexibility index (Phi) is 9.37. The first kappa shape index (κ1) is 35.6. The van der Waals surface area contributed by atoms with Crippen molar-refractivity contribution in [2.75, 3.05) is 0 Å². The van der Waals surface area contributed by atoms with Crippen LogP contribution in [-0.2, 0) is 6.42 Å². The number of hydrogen-bond donors (Lipinski definition) is 0. The average molecular weight is 755 g/mol. The third kappa shape index (κ3) is 6.51. The highest BCUT2D eigenvalue weighted by atomic mass is 15.2. The number of fused-ring (bicyclic) bond motifs is 6. The molecule has 4 aromatic carbocycles. The Balaban J connectivity index is 0.896. The van der Waals surface area contributed by atoms with Crippen LogP contribution >= 0.6 is 0 Å². The molecule has 2 heteroatoms. The Bertz CT molecular complexity index is 2660. The van der Waals surface area contributed by atoms with Gasteiger partial charge in [0.25, 0.3) is 0 Å². The van der Waals surface area contributed by atoms with Gasteiger partial charge in [-0.1, -0.05) is 121 Å². The Hall–Kier alpha value is -5.60. The van der Waals surface area contributed by atoms with E-state index in [-0.39, 0.29) is 0 Å². The number of rotatable bonds is 7. The summed E-state index contributed by atoms with van der Waals surface area (Å²) in [4.78, 5) is 2.75. The van der Waals surface area contributed by atoms with Gasteiger partial charge in [0.2, 0.25) is 0 Å². The molecule has 0 fully saturated rings. The number of hydrogen-bond acceptors (Lipinski definition) is 1. The van der Waals surface area contributed by atoms with Crippen molar-refractivity contribution in [1.82, 2.24) is 9.47 Å². The van der Waals surface area contributed by atoms with E-state index in [4.69, 9.17) is 0 Å². The van der Waals surface area contributed by atoms with Crippen molar-refractivity contribution in [3.8, 4) is 5.69 Å². The van der Waals surface area contributed by atoms with Gasteiger partial charge in [0, 0.05) is 45.7 Å². The SMILES string of the molecule is C1=Cc2c(n(-c3cccc(C4C=CC(N(C5=CC=C(C6=CC7=CCCCC7CC6)CC5)C5CC=C(c6ccccc6)CC5)=CC4)c3)c3ccc4ccccc4c23)CC1. The lowest BCUT2D eigenvalue weighted by atomic mass is 9.76. The van der Waals surface area contributed by atoms with E-state index in [9.17, 15) is 0 Å². The molecule has 0 bridgehead atoms. The minimum absolute atomic E-state index is 0.350. The number of benzene rings is 4. The predicted octanol–water partition coefficient (Wildman–Crippen LogP) is 14.7. The van der Waals surface area contributed by atoms with Crippen LogP contribution in [0.25, 0.3) is 39.0 Å². The highest BCUT2D eigenvalue weighted by molar-refractivity contribution is 6.12. The van der Waals surface area contributed by atoms with Crippen molar-refractivity contribution in [2.24, 2.45) is 5.92 Å². The van der Waals surface area contributed by atoms with Gasteiger partial charge in [0.15, 0.2) is 0 Å². The summed E-state index contributed by atoms with van der Waals surface area (Å²) in [5.74, 6) is 1.15. The summed E-state index contributed by atoms with van der Waals surface area (Å²) in [6.45, 7) is 0. The van der Waals surface area contributed by atoms with Crippen LogP contribution in [0.15, 0.2) is 174 Å². The van der Waals surface area contributed by atoms with Crippen molar-refractivity contribution in [2.45, 2.75) is 95.4 Å². The van der Waals surface area contributed by atoms with Gasteiger partial charge in [-0.05, 0) is 164 Å². The molecule has 0 spiro atoms. The molecule has 3 unspecified atom stereocenters. The summed E-state index contributed by atoms with van der Waals surface area (Å²) >= 11 is 0. The zero-order chi connectivity index (χ0) is 38.4. The van der Waals surface area contributed by atoms with Gasteiger partial charge in [0.05, 0.1) is 5.52 Å². The fraction of sp³-hybridized carbons (Fsp3) is 0.286. The minimum atomic E-state index is 0.350. The maximum absolute atomic E-state index is 2.75. The lowest BCUT2D eigenvalue weighted by Gasteiger charge is -2.40. The first-order chi connectivity index (χ1) is 28.7. The van der Waals surface area contributed by atoms with Crippen molar-refractivity contribution in [1.29, 1.82) is 0 Å². The van der Waals surface area contributed by atoms with E-state index in [0.29, 0.717) is 12.0 Å². The van der Waals surface area contributed by atoms with Gasteiger partial charge in [-0.25, -0.2) is 0 Å². The van der Waals surface area contributed by atoms with E-state index in [1.165, 1.54) is 105 Å². The first-order valence-electron chi connectivity index (χ1n) is 22.3. The second-order valence-corrected chi connectivity index (χ2v) is 17.5. The van der Waals surface area contributed by atoms with Gasteiger partial charge in [-0.2, -0.15) is 0 Å². The second kappa shape index (κ2) is 15.3. The topological polar surface area (TPSA) is 8.17 Å². The van der Waals surface area contributed by atoms with E-state index in [0.717, 1.165) is 50.9 Å². The van der Waals surface area contributed by atoms with Crippen LogP contribution in [0, 0.1) is 5.92 Å². The Morgan fingerprint density at radius 1 is 0.655 bits per heavy atom. The molecular formula is C56H54N2. The first-order valence-corrected chi connectivity index (χ1v) is 22.3. The number of allylic oxidation sites excluding steroid dienone is 13. The molecule has 0 saturated heterocycles. The van der Waals surface area contributed by atoms with E-state index < -0.39 is 0 Å². The Morgan fingerprint density at radius 3 is 2.43 bits per heavy atom. The lowest BCUT2D eigenvalue weighted by Crippen LogP contribution is -2.35. The maximum Gasteiger partial charge on any atom is 0.0544 e. The fourth-order valence-electron chi connectivity index (χ4n) is 11.2. The quantitative estimate of drug-likeness (QED) is 0.161. The van der Waals surface area contributed by atoms with Crippen molar-refractivity contribution in [3.05, 3.63) is 196 Å². The molecule has 1 heterocycles. The monoisotopic (exact) mass is 754 g/mol. The Morgan fingerprint density at radius 2 is 1.57 bits per heavy atom. The molecule has 1 aromatic heterocycles. The van der Waals surface area contributed by atoms with Crippen LogP contribution in [0.3, 0.4) is 0 Å². The largest absolute Gasteiger partial charge is 0.342 e. The second-order valence-electron chi connectivity index (χ2n) is 17.5. The van der Waals surface area contributed by atoms with Crippen LogP contribution in [-0.4, -0.2) is 15.5 Å². The molecule has 3 atom stereocenters. The number of aromatic nitrogens is 1. The van der Waals surface area contributed by atoms with Crippen molar-refractivity contribution >= 4 is 33.3 Å². The van der Waals surface area contributed by atoms with Crippen molar-refractivity contribution in [3.63, 3.8) is 0 Å². The van der Waals surface area contributed by atoms with Gasteiger partial charge in [0.1, 0.15) is 0 Å². The highest BCUT2D eigenvalue weighted by Crippen LogP contribution is 2.43. The summed E-state index contributed by atoms with van der Waals surface area (Å²) < 4.78 is 2.56. The molecule has 6 aliphatic carbocycles. The molecule has 6 aliphatic rings. The average Bonchev–Trinajstić information content (AvgIpc) is 3.65. The Labute approximate surface area is 344 Å². The van der Waals surface area contributed by atoms with Crippen LogP contribution < -0.4 is 0 Å². The van der Waals surface area contributed by atoms with Crippen LogP contribution in [0.5, 0.6) is 0 Å². The van der Waals surface area contributed by atoms with E-state index in [2.05, 4.69) is 161 Å². The summed E-state index contributed by atoms with van der Waals surface area (Å²) in [7, 11) is 0. The van der Waals surface area contributed by atoms with E-state index in [1.54, 1.807) is 16.7 Å². The minimum Gasteiger partial charge on any atom is -0.342 e. The zero-order valence-electron chi connectivity index (χ0n) is 33.8. The van der Waals surface area contributed by atoms with E-state index in [1.807, 2.05) is 0 Å². The van der Waals surface area contributed by atoms with Gasteiger partial charge >= 0.3 is 0 Å². The molecule has 288 valence electrons. The summed E-state index contributed by atoms with van der Waals surface area (Å²) in [6, 6.07) is 34.4. The standard InChI is InChI=1S/C56H54N2/c1-2-11-39(12-3-1)41-23-30-48(31-24-41)57(50-34-27-43(28-35-50)47-22-21-40-13-4-5-15-45(40)37-47)49-32-25-42(26-33-49)46-16-10-17-51(38-46)58-54-20-9-8-19-53(54)56-52-18-7-6-14-44(52)29-36-55(56)58/h1-3,6-8,10-12,14-19,23,25,27,29,32-34,36-38,40,42,48H,4-5,9,13,20-22,24,26,28,30-31,35H2. The third-order valence-electron chi connectivity index (χ3n) is 14.2. The smallest absolute Gasteiger partial charge is 0.0544 e. The summed E-state index contributed by atoms with van der Waals surface area (Å²) in [5.41, 5.74) is 17.4. The molecule has 0 radical (unpaired) electrons. The van der Waals surface area contributed by atoms with Crippen molar-refractivity contribution < 1.29 is 0 Å². The van der Waals surface area contributed by atoms with E-state index >= 15 is 0 Å². The van der Waals surface area contributed by atoms with Crippen LogP contribution in [0.2, 0.25) is 0 Å².